The van der Waals surface area contributed by atoms with E-state index in [9.17, 15) is 22.4 Å². The van der Waals surface area contributed by atoms with Gasteiger partial charge in [-0.2, -0.15) is 0 Å². The molecule has 10 heteroatoms. The molecule has 1 aromatic carbocycles. The fraction of sp³-hybridized carbons (Fsp3) is 0.478. The maximum atomic E-state index is 13.9. The molecule has 0 unspecified atom stereocenters. The monoisotopic (exact) mass is 494 g/mol. The molecule has 2 aromatic rings. The summed E-state index contributed by atoms with van der Waals surface area (Å²) >= 11 is 1.37. The van der Waals surface area contributed by atoms with E-state index in [1.165, 1.54) is 36.5 Å². The number of hydrogen-bond acceptors (Lipinski definition) is 6. The Bertz CT molecular complexity index is 1180. The Kier molecular flexibility index (Phi) is 6.76. The van der Waals surface area contributed by atoms with Gasteiger partial charge in [-0.05, 0) is 56.2 Å². The molecule has 2 heterocycles. The number of carbonyl (C=O) groups excluding carboxylic acids is 2. The average Bonchev–Trinajstić information content (AvgIpc) is 3.27. The van der Waals surface area contributed by atoms with Crippen molar-refractivity contribution in [2.75, 3.05) is 16.8 Å². The van der Waals surface area contributed by atoms with E-state index in [2.05, 4.69) is 17.6 Å². The summed E-state index contributed by atoms with van der Waals surface area (Å²) < 4.78 is 43.0. The van der Waals surface area contributed by atoms with E-state index in [1.807, 2.05) is 0 Å². The number of thiophene rings is 1. The summed E-state index contributed by atoms with van der Waals surface area (Å²) in [5.41, 5.74) is 1.31. The Morgan fingerprint density at radius 3 is 2.70 bits per heavy atom. The summed E-state index contributed by atoms with van der Waals surface area (Å²) in [5, 5.41) is 6.06. The van der Waals surface area contributed by atoms with Gasteiger partial charge in [-0.15, -0.1) is 11.3 Å². The molecule has 1 aromatic heterocycles. The van der Waals surface area contributed by atoms with Crippen molar-refractivity contribution < 1.29 is 27.1 Å². The second kappa shape index (κ2) is 9.42. The lowest BCUT2D eigenvalue weighted by Gasteiger charge is -2.19. The Morgan fingerprint density at radius 1 is 1.24 bits per heavy atom. The molecule has 33 heavy (non-hydrogen) atoms. The second-order valence-electron chi connectivity index (χ2n) is 8.81. The van der Waals surface area contributed by atoms with E-state index >= 15 is 0 Å². The standard InChI is InChI=1S/C23H27FN2O5S2/c1-13-7-8-16-19(11-13)32-23(20(16)22(28)25-15-9-10-33(29,30)12-15)26-21(27)14(2)31-18-6-4-3-5-17(18)24/h3-6,13-15H,7-12H2,1-2H3,(H,25,28)(H,26,27)/t13-,14+,15+/m0/s1. The number of halogens is 1. The molecule has 4 rings (SSSR count). The van der Waals surface area contributed by atoms with Crippen molar-refractivity contribution in [2.45, 2.75) is 51.7 Å². The lowest BCUT2D eigenvalue weighted by atomic mass is 9.88. The van der Waals surface area contributed by atoms with Gasteiger partial charge in [-0.25, -0.2) is 12.8 Å². The zero-order chi connectivity index (χ0) is 23.8. The van der Waals surface area contributed by atoms with E-state index in [-0.39, 0.29) is 23.2 Å². The van der Waals surface area contributed by atoms with Crippen LogP contribution in [0.2, 0.25) is 0 Å². The van der Waals surface area contributed by atoms with Crippen LogP contribution in [0.5, 0.6) is 5.75 Å². The van der Waals surface area contributed by atoms with Crippen LogP contribution in [0, 0.1) is 11.7 Å². The van der Waals surface area contributed by atoms with Gasteiger partial charge in [0.2, 0.25) is 0 Å². The first kappa shape index (κ1) is 23.7. The molecule has 7 nitrogen and oxygen atoms in total. The number of fused-ring (bicyclic) bond motifs is 1. The number of hydrogen-bond donors (Lipinski definition) is 2. The Labute approximate surface area is 196 Å². The maximum absolute atomic E-state index is 13.9. The average molecular weight is 495 g/mol. The highest BCUT2D eigenvalue weighted by molar-refractivity contribution is 7.91. The number of ether oxygens (including phenoxy) is 1. The molecule has 2 aliphatic rings. The highest BCUT2D eigenvalue weighted by atomic mass is 32.2. The number of anilines is 1. The zero-order valence-corrected chi connectivity index (χ0v) is 20.2. The Hall–Kier alpha value is -2.46. The highest BCUT2D eigenvalue weighted by Crippen LogP contribution is 2.40. The third kappa shape index (κ3) is 5.38. The predicted octanol–water partition coefficient (Wildman–Crippen LogP) is 3.33. The van der Waals surface area contributed by atoms with E-state index in [1.54, 1.807) is 6.07 Å². The van der Waals surface area contributed by atoms with E-state index in [0.717, 1.165) is 29.7 Å². The number of sulfone groups is 1. The summed E-state index contributed by atoms with van der Waals surface area (Å²) in [4.78, 5) is 27.1. The maximum Gasteiger partial charge on any atom is 0.265 e. The molecule has 1 fully saturated rings. The Balaban J connectivity index is 1.55. The fourth-order valence-corrected chi connectivity index (χ4v) is 7.33. The molecule has 0 saturated carbocycles. The smallest absolute Gasteiger partial charge is 0.265 e. The van der Waals surface area contributed by atoms with Gasteiger partial charge in [0.05, 0.1) is 17.1 Å². The van der Waals surface area contributed by atoms with Crippen LogP contribution in [0.25, 0.3) is 0 Å². The van der Waals surface area contributed by atoms with Gasteiger partial charge in [-0.3, -0.25) is 9.59 Å². The first-order chi connectivity index (χ1) is 15.6. The van der Waals surface area contributed by atoms with Gasteiger partial charge in [0.25, 0.3) is 11.8 Å². The number of amides is 2. The van der Waals surface area contributed by atoms with Crippen LogP contribution in [0.1, 0.15) is 47.5 Å². The van der Waals surface area contributed by atoms with Crippen LogP contribution in [-0.2, 0) is 27.5 Å². The number of benzene rings is 1. The minimum Gasteiger partial charge on any atom is -0.478 e. The second-order valence-corrected chi connectivity index (χ2v) is 12.1. The number of para-hydroxylation sites is 1. The third-order valence-electron chi connectivity index (χ3n) is 6.05. The van der Waals surface area contributed by atoms with Gasteiger partial charge in [-0.1, -0.05) is 19.1 Å². The van der Waals surface area contributed by atoms with Gasteiger partial charge in [0, 0.05) is 10.9 Å². The van der Waals surface area contributed by atoms with Crippen molar-refractivity contribution in [1.29, 1.82) is 0 Å². The largest absolute Gasteiger partial charge is 0.478 e. The number of nitrogens with one attached hydrogen (secondary N) is 2. The summed E-state index contributed by atoms with van der Waals surface area (Å²) in [6, 6.07) is 5.40. The van der Waals surface area contributed by atoms with Gasteiger partial charge < -0.3 is 15.4 Å². The van der Waals surface area contributed by atoms with Crippen molar-refractivity contribution in [2.24, 2.45) is 5.92 Å². The van der Waals surface area contributed by atoms with Crippen molar-refractivity contribution >= 4 is 38.0 Å². The minimum absolute atomic E-state index is 0.0279. The molecule has 3 atom stereocenters. The molecule has 1 aliphatic heterocycles. The van der Waals surface area contributed by atoms with E-state index < -0.39 is 33.7 Å². The molecule has 2 amide bonds. The minimum atomic E-state index is -3.14. The lowest BCUT2D eigenvalue weighted by Crippen LogP contribution is -2.37. The summed E-state index contributed by atoms with van der Waals surface area (Å²) in [5.74, 6) is -1.00. The van der Waals surface area contributed by atoms with E-state index in [4.69, 9.17) is 4.74 Å². The molecular weight excluding hydrogens is 467 g/mol. The van der Waals surface area contributed by atoms with Gasteiger partial charge >= 0.3 is 0 Å². The van der Waals surface area contributed by atoms with E-state index in [0.29, 0.717) is 22.9 Å². The van der Waals surface area contributed by atoms with Crippen molar-refractivity contribution in [3.05, 3.63) is 46.1 Å². The van der Waals surface area contributed by atoms with Crippen LogP contribution in [-0.4, -0.2) is 43.9 Å². The topological polar surface area (TPSA) is 102 Å². The number of carbonyl (C=O) groups is 2. The van der Waals surface area contributed by atoms with Crippen LogP contribution >= 0.6 is 11.3 Å². The summed E-state index contributed by atoms with van der Waals surface area (Å²) in [7, 11) is -3.14. The normalized spacial score (nSPS) is 22.3. The molecule has 0 radical (unpaired) electrons. The zero-order valence-electron chi connectivity index (χ0n) is 18.5. The van der Waals surface area contributed by atoms with Crippen molar-refractivity contribution in [3.63, 3.8) is 0 Å². The van der Waals surface area contributed by atoms with Crippen LogP contribution in [0.15, 0.2) is 24.3 Å². The number of rotatable bonds is 6. The fourth-order valence-electron chi connectivity index (χ4n) is 4.24. The molecule has 1 aliphatic carbocycles. The molecule has 2 N–H and O–H groups in total. The molecule has 178 valence electrons. The van der Waals surface area contributed by atoms with Crippen LogP contribution < -0.4 is 15.4 Å². The lowest BCUT2D eigenvalue weighted by molar-refractivity contribution is -0.122. The van der Waals surface area contributed by atoms with Crippen molar-refractivity contribution in [1.82, 2.24) is 5.32 Å². The third-order valence-corrected chi connectivity index (χ3v) is 8.99. The van der Waals surface area contributed by atoms with Crippen molar-refractivity contribution in [3.8, 4) is 5.75 Å². The first-order valence-corrected chi connectivity index (χ1v) is 13.6. The predicted molar refractivity (Wildman–Crippen MR) is 125 cm³/mol. The molecule has 0 spiro atoms. The first-order valence-electron chi connectivity index (χ1n) is 11.0. The molecule has 1 saturated heterocycles. The summed E-state index contributed by atoms with van der Waals surface area (Å²) in [6.07, 6.45) is 1.86. The van der Waals surface area contributed by atoms with Crippen LogP contribution in [0.4, 0.5) is 9.39 Å². The Morgan fingerprint density at radius 2 is 2.00 bits per heavy atom. The van der Waals surface area contributed by atoms with Gasteiger partial charge in [0.1, 0.15) is 5.00 Å². The molecular formula is C23H27FN2O5S2. The van der Waals surface area contributed by atoms with Crippen LogP contribution in [0.3, 0.4) is 0 Å². The highest BCUT2D eigenvalue weighted by Gasteiger charge is 2.33. The van der Waals surface area contributed by atoms with Gasteiger partial charge in [0.15, 0.2) is 27.5 Å². The quantitative estimate of drug-likeness (QED) is 0.642. The SMILES string of the molecule is C[C@H]1CCc2c(sc(NC(=O)[C@@H](C)Oc3ccccc3F)c2C(=O)N[C@@H]2CCS(=O)(=O)C2)C1. The molecule has 0 bridgehead atoms. The summed E-state index contributed by atoms with van der Waals surface area (Å²) in [6.45, 7) is 3.66.